The van der Waals surface area contributed by atoms with Crippen LogP contribution in [0.15, 0.2) is 0 Å². The first-order chi connectivity index (χ1) is 9.87. The Labute approximate surface area is 130 Å². The lowest BCUT2D eigenvalue weighted by molar-refractivity contribution is 0.00506. The molecular formula is C17H34N2O2. The zero-order valence-corrected chi connectivity index (χ0v) is 14.7. The van der Waals surface area contributed by atoms with Gasteiger partial charge in [-0.2, -0.15) is 0 Å². The Balaban J connectivity index is 2.65. The Bertz CT molecular complexity index is 306. The largest absolute Gasteiger partial charge is 0.444 e. The molecule has 0 aromatic rings. The van der Waals surface area contributed by atoms with Gasteiger partial charge in [0, 0.05) is 19.1 Å². The fraction of sp³-hybridized carbons (Fsp3) is 0.941. The van der Waals surface area contributed by atoms with Gasteiger partial charge in [-0.1, -0.05) is 13.8 Å². The van der Waals surface area contributed by atoms with Crippen molar-refractivity contribution in [2.75, 3.05) is 26.2 Å². The Morgan fingerprint density at radius 3 is 2.33 bits per heavy atom. The first-order valence-corrected chi connectivity index (χ1v) is 8.59. The highest BCUT2D eigenvalue weighted by molar-refractivity contribution is 5.68. The second-order valence-corrected chi connectivity index (χ2v) is 7.12. The van der Waals surface area contributed by atoms with Gasteiger partial charge in [0.2, 0.25) is 0 Å². The molecule has 0 radical (unpaired) electrons. The first-order valence-electron chi connectivity index (χ1n) is 8.59. The maximum absolute atomic E-state index is 12.4. The van der Waals surface area contributed by atoms with Gasteiger partial charge in [0.05, 0.1) is 0 Å². The molecule has 21 heavy (non-hydrogen) atoms. The minimum absolute atomic E-state index is 0.139. The van der Waals surface area contributed by atoms with E-state index in [1.54, 1.807) is 0 Å². The summed E-state index contributed by atoms with van der Waals surface area (Å²) >= 11 is 0. The van der Waals surface area contributed by atoms with Gasteiger partial charge in [-0.25, -0.2) is 4.79 Å². The lowest BCUT2D eigenvalue weighted by atomic mass is 10.0. The third kappa shape index (κ3) is 6.68. The third-order valence-corrected chi connectivity index (χ3v) is 3.80. The van der Waals surface area contributed by atoms with Crippen LogP contribution in [0.25, 0.3) is 0 Å². The molecule has 1 unspecified atom stereocenters. The van der Waals surface area contributed by atoms with Crippen molar-refractivity contribution < 1.29 is 9.53 Å². The van der Waals surface area contributed by atoms with Gasteiger partial charge in [0.25, 0.3) is 0 Å². The summed E-state index contributed by atoms with van der Waals surface area (Å²) < 4.78 is 5.58. The van der Waals surface area contributed by atoms with E-state index in [1.165, 1.54) is 19.3 Å². The molecule has 1 aliphatic heterocycles. The van der Waals surface area contributed by atoms with Crippen molar-refractivity contribution in [1.29, 1.82) is 0 Å². The van der Waals surface area contributed by atoms with Crippen molar-refractivity contribution in [2.45, 2.75) is 78.4 Å². The van der Waals surface area contributed by atoms with Crippen molar-refractivity contribution in [3.05, 3.63) is 0 Å². The fourth-order valence-corrected chi connectivity index (χ4v) is 2.98. The summed E-state index contributed by atoms with van der Waals surface area (Å²) in [7, 11) is 0. The number of piperidine rings is 1. The van der Waals surface area contributed by atoms with E-state index in [4.69, 9.17) is 4.74 Å². The Kier molecular flexibility index (Phi) is 7.50. The van der Waals surface area contributed by atoms with Crippen molar-refractivity contribution in [2.24, 2.45) is 0 Å². The quantitative estimate of drug-likeness (QED) is 0.745. The molecule has 4 heteroatoms. The summed E-state index contributed by atoms with van der Waals surface area (Å²) in [5.74, 6) is 0. The molecule has 1 aliphatic rings. The molecular weight excluding hydrogens is 264 g/mol. The number of nitrogens with zero attached hydrogens (tertiary/aromatic N) is 2. The van der Waals surface area contributed by atoms with Crippen LogP contribution >= 0.6 is 0 Å². The van der Waals surface area contributed by atoms with Crippen LogP contribution in [0, 0.1) is 0 Å². The van der Waals surface area contributed by atoms with Gasteiger partial charge in [0.1, 0.15) is 5.60 Å². The summed E-state index contributed by atoms with van der Waals surface area (Å²) in [5.41, 5.74) is -0.411. The van der Waals surface area contributed by atoms with Gasteiger partial charge in [-0.3, -0.25) is 0 Å². The lowest BCUT2D eigenvalue weighted by Crippen LogP contribution is -2.51. The Morgan fingerprint density at radius 2 is 1.81 bits per heavy atom. The summed E-state index contributed by atoms with van der Waals surface area (Å²) in [6, 6.07) is 0.312. The van der Waals surface area contributed by atoms with Gasteiger partial charge in [0.15, 0.2) is 0 Å². The van der Waals surface area contributed by atoms with Gasteiger partial charge < -0.3 is 14.5 Å². The summed E-state index contributed by atoms with van der Waals surface area (Å²) in [5, 5.41) is 0. The number of ether oxygens (including phenoxy) is 1. The summed E-state index contributed by atoms with van der Waals surface area (Å²) in [4.78, 5) is 16.9. The SMILES string of the molecule is CCCN(CCC)CC1CCCCN1C(=O)OC(C)(C)C. The summed E-state index contributed by atoms with van der Waals surface area (Å²) in [6.45, 7) is 14.3. The topological polar surface area (TPSA) is 32.8 Å². The van der Waals surface area contributed by atoms with E-state index in [1.807, 2.05) is 25.7 Å². The predicted molar refractivity (Wildman–Crippen MR) is 87.6 cm³/mol. The highest BCUT2D eigenvalue weighted by Crippen LogP contribution is 2.21. The molecule has 1 saturated heterocycles. The molecule has 1 atom stereocenters. The molecule has 0 spiro atoms. The molecule has 1 amide bonds. The van der Waals surface area contributed by atoms with E-state index < -0.39 is 5.60 Å². The number of hydrogen-bond donors (Lipinski definition) is 0. The van der Waals surface area contributed by atoms with Crippen molar-refractivity contribution >= 4 is 6.09 Å². The molecule has 0 aromatic carbocycles. The number of carbonyl (C=O) groups is 1. The maximum atomic E-state index is 12.4. The maximum Gasteiger partial charge on any atom is 0.410 e. The monoisotopic (exact) mass is 298 g/mol. The highest BCUT2D eigenvalue weighted by Gasteiger charge is 2.31. The Morgan fingerprint density at radius 1 is 1.19 bits per heavy atom. The van der Waals surface area contributed by atoms with Crippen LogP contribution in [-0.4, -0.2) is 53.7 Å². The zero-order valence-electron chi connectivity index (χ0n) is 14.7. The van der Waals surface area contributed by atoms with Crippen molar-refractivity contribution in [3.63, 3.8) is 0 Å². The number of likely N-dealkylation sites (tertiary alicyclic amines) is 1. The van der Waals surface area contributed by atoms with Crippen LogP contribution in [0.3, 0.4) is 0 Å². The van der Waals surface area contributed by atoms with Gasteiger partial charge in [-0.05, 0) is 66.0 Å². The average Bonchev–Trinajstić information content (AvgIpc) is 2.38. The smallest absolute Gasteiger partial charge is 0.410 e. The molecule has 0 aliphatic carbocycles. The fourth-order valence-electron chi connectivity index (χ4n) is 2.98. The van der Waals surface area contributed by atoms with E-state index in [9.17, 15) is 4.79 Å². The third-order valence-electron chi connectivity index (χ3n) is 3.80. The van der Waals surface area contributed by atoms with Crippen molar-refractivity contribution in [1.82, 2.24) is 9.80 Å². The molecule has 124 valence electrons. The van der Waals surface area contributed by atoms with Crippen LogP contribution in [0.1, 0.15) is 66.7 Å². The van der Waals surface area contributed by atoms with Gasteiger partial charge in [-0.15, -0.1) is 0 Å². The van der Waals surface area contributed by atoms with Crippen LogP contribution in [0.5, 0.6) is 0 Å². The van der Waals surface area contributed by atoms with E-state index >= 15 is 0 Å². The molecule has 4 nitrogen and oxygen atoms in total. The minimum atomic E-state index is -0.411. The second-order valence-electron chi connectivity index (χ2n) is 7.12. The zero-order chi connectivity index (χ0) is 15.9. The van der Waals surface area contributed by atoms with E-state index in [2.05, 4.69) is 18.7 Å². The predicted octanol–water partition coefficient (Wildman–Crippen LogP) is 3.90. The van der Waals surface area contributed by atoms with Crippen molar-refractivity contribution in [3.8, 4) is 0 Å². The molecule has 1 heterocycles. The molecule has 0 aromatic heterocycles. The van der Waals surface area contributed by atoms with E-state index in [0.717, 1.165) is 39.0 Å². The van der Waals surface area contributed by atoms with Crippen LogP contribution in [0.2, 0.25) is 0 Å². The van der Waals surface area contributed by atoms with Crippen LogP contribution in [0.4, 0.5) is 4.79 Å². The molecule has 0 bridgehead atoms. The van der Waals surface area contributed by atoms with Crippen LogP contribution in [-0.2, 0) is 4.74 Å². The average molecular weight is 298 g/mol. The Hall–Kier alpha value is -0.770. The number of carbonyl (C=O) groups excluding carboxylic acids is 1. The van der Waals surface area contributed by atoms with E-state index in [-0.39, 0.29) is 6.09 Å². The first kappa shape index (κ1) is 18.3. The highest BCUT2D eigenvalue weighted by atomic mass is 16.6. The molecule has 1 rings (SSSR count). The van der Waals surface area contributed by atoms with Gasteiger partial charge >= 0.3 is 6.09 Å². The standard InChI is InChI=1S/C17H34N2O2/c1-6-11-18(12-7-2)14-15-10-8-9-13-19(15)16(20)21-17(3,4)5/h15H,6-14H2,1-5H3. The molecule has 1 fully saturated rings. The van der Waals surface area contributed by atoms with E-state index in [0.29, 0.717) is 6.04 Å². The second kappa shape index (κ2) is 8.62. The minimum Gasteiger partial charge on any atom is -0.444 e. The lowest BCUT2D eigenvalue weighted by Gasteiger charge is -2.39. The normalized spacial score (nSPS) is 19.9. The molecule has 0 saturated carbocycles. The number of hydrogen-bond acceptors (Lipinski definition) is 3. The number of rotatable bonds is 6. The molecule has 0 N–H and O–H groups in total. The summed E-state index contributed by atoms with van der Waals surface area (Å²) in [6.07, 6.45) is 5.61. The van der Waals surface area contributed by atoms with Crippen LogP contribution < -0.4 is 0 Å². The number of amides is 1.